The molecule has 1 unspecified atom stereocenters. The smallest absolute Gasteiger partial charge is 0.244 e. The maximum absolute atomic E-state index is 13.6. The first-order chi connectivity index (χ1) is 13.9. The van der Waals surface area contributed by atoms with E-state index in [9.17, 15) is 14.4 Å². The fourth-order valence-corrected chi connectivity index (χ4v) is 5.45. The second-order valence-corrected chi connectivity index (χ2v) is 8.46. The van der Waals surface area contributed by atoms with Gasteiger partial charge in [-0.05, 0) is 36.3 Å². The van der Waals surface area contributed by atoms with Gasteiger partial charge in [0.2, 0.25) is 11.8 Å². The molecule has 1 N–H and O–H groups in total. The zero-order valence-electron chi connectivity index (χ0n) is 16.1. The Bertz CT molecular complexity index is 1110. The van der Waals surface area contributed by atoms with Crippen molar-refractivity contribution in [2.24, 2.45) is 11.8 Å². The van der Waals surface area contributed by atoms with Crippen molar-refractivity contribution in [3.8, 4) is 0 Å². The first kappa shape index (κ1) is 18.3. The first-order valence-electron chi connectivity index (χ1n) is 9.68. The predicted octanol–water partition coefficient (Wildman–Crippen LogP) is 2.34. The Balaban J connectivity index is 1.67. The topological polar surface area (TPSA) is 58.9 Å². The van der Waals surface area contributed by atoms with Gasteiger partial charge in [0.25, 0.3) is 0 Å². The molecule has 3 aliphatic heterocycles. The van der Waals surface area contributed by atoms with Crippen LogP contribution in [0.3, 0.4) is 0 Å². The van der Waals surface area contributed by atoms with Crippen LogP contribution >= 0.6 is 11.6 Å². The van der Waals surface area contributed by atoms with Gasteiger partial charge in [-0.1, -0.05) is 41.9 Å². The summed E-state index contributed by atoms with van der Waals surface area (Å²) in [6, 6.07) is 12.2. The number of rotatable bonds is 2. The molecule has 0 aliphatic carbocycles. The number of nitrogens with one attached hydrogen (secondary N) is 1. The van der Waals surface area contributed by atoms with Crippen molar-refractivity contribution in [3.05, 3.63) is 70.4 Å². The van der Waals surface area contributed by atoms with Gasteiger partial charge in [-0.3, -0.25) is 19.3 Å². The zero-order chi connectivity index (χ0) is 20.4. The number of anilines is 1. The lowest BCUT2D eigenvalue weighted by atomic mass is 9.84. The highest BCUT2D eigenvalue weighted by Crippen LogP contribution is 2.45. The maximum atomic E-state index is 13.6. The summed E-state index contributed by atoms with van der Waals surface area (Å²) in [6.07, 6.45) is 3.92. The van der Waals surface area contributed by atoms with Crippen LogP contribution in [-0.2, 0) is 14.4 Å². The number of fused-ring (bicyclic) bond motifs is 5. The number of hydrogen-bond acceptors (Lipinski definition) is 3. The predicted molar refractivity (Wildman–Crippen MR) is 109 cm³/mol. The number of aryl methyl sites for hydroxylation is 1. The Morgan fingerprint density at radius 1 is 1.07 bits per heavy atom. The van der Waals surface area contributed by atoms with Gasteiger partial charge in [0.15, 0.2) is 11.8 Å². The van der Waals surface area contributed by atoms with E-state index in [-0.39, 0.29) is 23.6 Å². The minimum absolute atomic E-state index is 0.0765. The second kappa shape index (κ2) is 6.37. The van der Waals surface area contributed by atoms with Crippen molar-refractivity contribution < 1.29 is 19.3 Å². The molecule has 3 heterocycles. The number of carbonyl (C=O) groups is 3. The molecule has 2 aromatic carbocycles. The quantitative estimate of drug-likeness (QED) is 0.777. The van der Waals surface area contributed by atoms with E-state index < -0.39 is 17.9 Å². The number of hydrogen-bond donors (Lipinski definition) is 1. The number of amides is 2. The Morgan fingerprint density at radius 3 is 2.55 bits per heavy atom. The summed E-state index contributed by atoms with van der Waals surface area (Å²) in [7, 11) is 0. The molecule has 2 aromatic rings. The number of ketones is 1. The molecular weight excluding hydrogens is 388 g/mol. The van der Waals surface area contributed by atoms with Crippen LogP contribution in [0.5, 0.6) is 0 Å². The summed E-state index contributed by atoms with van der Waals surface area (Å²) < 4.78 is 0. The number of quaternary nitrogens is 1. The highest BCUT2D eigenvalue weighted by molar-refractivity contribution is 6.31. The van der Waals surface area contributed by atoms with Gasteiger partial charge >= 0.3 is 0 Å². The van der Waals surface area contributed by atoms with Crippen molar-refractivity contribution in [1.29, 1.82) is 0 Å². The highest BCUT2D eigenvalue weighted by atomic mass is 35.5. The largest absolute Gasteiger partial charge is 0.293 e. The third-order valence-electron chi connectivity index (χ3n) is 6.47. The Kier molecular flexibility index (Phi) is 4.02. The second-order valence-electron chi connectivity index (χ2n) is 8.02. The lowest BCUT2D eigenvalue weighted by molar-refractivity contribution is -0.884. The van der Waals surface area contributed by atoms with Crippen LogP contribution in [0, 0.1) is 18.8 Å². The molecule has 146 valence electrons. The molecule has 2 fully saturated rings. The molecule has 5 atom stereocenters. The maximum Gasteiger partial charge on any atom is 0.244 e. The summed E-state index contributed by atoms with van der Waals surface area (Å²) in [5.74, 6) is -1.88. The summed E-state index contributed by atoms with van der Waals surface area (Å²) in [5.41, 5.74) is 3.34. The zero-order valence-corrected chi connectivity index (χ0v) is 16.8. The van der Waals surface area contributed by atoms with E-state index in [0.717, 1.165) is 21.6 Å². The molecule has 0 spiro atoms. The normalized spacial score (nSPS) is 29.6. The molecule has 2 amide bonds. The molecule has 29 heavy (non-hydrogen) atoms. The number of nitrogens with zero attached hydrogens (tertiary/aromatic N) is 1. The number of halogens is 1. The fourth-order valence-electron chi connectivity index (χ4n) is 5.28. The average Bonchev–Trinajstić information content (AvgIpc) is 3.17. The van der Waals surface area contributed by atoms with Gasteiger partial charge in [0.05, 0.1) is 11.9 Å². The van der Waals surface area contributed by atoms with Crippen molar-refractivity contribution in [2.75, 3.05) is 4.90 Å². The van der Waals surface area contributed by atoms with Gasteiger partial charge in [0, 0.05) is 17.5 Å². The lowest BCUT2D eigenvalue weighted by Crippen LogP contribution is -3.12. The minimum Gasteiger partial charge on any atom is -0.293 e. The lowest BCUT2D eigenvalue weighted by Gasteiger charge is -2.30. The standard InChI is InChI=1S/C23H19ClN2O3/c1-12-7-8-15(24)11-17(12)26-22(28)18-19(23(26)29)21-16-6-4-3-5-14(16)9-10-25(21)20(18)13(2)27/h3-11,18-21H,1-2H3/p+1/t18-,19+,20-,21+/m1/s1. The summed E-state index contributed by atoms with van der Waals surface area (Å²) in [6.45, 7) is 3.36. The molecule has 0 aromatic heterocycles. The molecule has 0 bridgehead atoms. The van der Waals surface area contributed by atoms with Gasteiger partial charge < -0.3 is 0 Å². The van der Waals surface area contributed by atoms with E-state index in [1.165, 1.54) is 11.8 Å². The monoisotopic (exact) mass is 407 g/mol. The average molecular weight is 408 g/mol. The van der Waals surface area contributed by atoms with Crippen LogP contribution in [0.15, 0.2) is 48.7 Å². The third-order valence-corrected chi connectivity index (χ3v) is 6.71. The molecular formula is C23H20ClN2O3+. The SMILES string of the molecule is CC(=O)[C@@H]1[C@@H]2C(=O)N(c3cc(Cl)ccc3C)C(=O)[C@@H]2[C@@H]2c3ccccc3C=C[NH+]12. The fraction of sp³-hybridized carbons (Fsp3) is 0.261. The number of carbonyl (C=O) groups excluding carboxylic acids is 3. The van der Waals surface area contributed by atoms with Crippen molar-refractivity contribution >= 4 is 41.0 Å². The number of Topliss-reactive ketones (excluding diaryl/α,β-unsaturated/α-hetero) is 1. The number of benzene rings is 2. The molecule has 0 radical (unpaired) electrons. The highest BCUT2D eigenvalue weighted by Gasteiger charge is 2.67. The van der Waals surface area contributed by atoms with Gasteiger partial charge in [-0.15, -0.1) is 0 Å². The van der Waals surface area contributed by atoms with Crippen LogP contribution in [0.25, 0.3) is 6.08 Å². The van der Waals surface area contributed by atoms with E-state index >= 15 is 0 Å². The van der Waals surface area contributed by atoms with Gasteiger partial charge in [-0.25, -0.2) is 4.90 Å². The molecule has 2 saturated heterocycles. The molecule has 3 aliphatic rings. The van der Waals surface area contributed by atoms with Crippen molar-refractivity contribution in [1.82, 2.24) is 0 Å². The molecule has 5 nitrogen and oxygen atoms in total. The van der Waals surface area contributed by atoms with E-state index in [0.29, 0.717) is 10.7 Å². The van der Waals surface area contributed by atoms with Crippen molar-refractivity contribution in [2.45, 2.75) is 25.9 Å². The summed E-state index contributed by atoms with van der Waals surface area (Å²) >= 11 is 6.15. The minimum atomic E-state index is -0.672. The Hall–Kier alpha value is -2.76. The van der Waals surface area contributed by atoms with Crippen molar-refractivity contribution in [3.63, 3.8) is 0 Å². The van der Waals surface area contributed by atoms with E-state index in [2.05, 4.69) is 0 Å². The Morgan fingerprint density at radius 2 is 1.79 bits per heavy atom. The van der Waals surface area contributed by atoms with Gasteiger partial charge in [-0.2, -0.15) is 0 Å². The van der Waals surface area contributed by atoms with Crippen LogP contribution in [0.1, 0.15) is 29.7 Å². The molecule has 5 rings (SSSR count). The van der Waals surface area contributed by atoms with E-state index in [1.807, 2.05) is 43.5 Å². The third kappa shape index (κ3) is 2.47. The van der Waals surface area contributed by atoms with Crippen LogP contribution in [-0.4, -0.2) is 23.6 Å². The summed E-state index contributed by atoms with van der Waals surface area (Å²) in [4.78, 5) is 41.9. The molecule has 0 saturated carbocycles. The van der Waals surface area contributed by atoms with Crippen LogP contribution in [0.2, 0.25) is 5.02 Å². The van der Waals surface area contributed by atoms with Crippen LogP contribution in [0.4, 0.5) is 5.69 Å². The summed E-state index contributed by atoms with van der Waals surface area (Å²) in [5, 5.41) is 0.463. The van der Waals surface area contributed by atoms with E-state index in [4.69, 9.17) is 11.6 Å². The van der Waals surface area contributed by atoms with Gasteiger partial charge in [0.1, 0.15) is 17.9 Å². The Labute approximate surface area is 173 Å². The number of imide groups is 1. The first-order valence-corrected chi connectivity index (χ1v) is 10.1. The molecule has 6 heteroatoms. The van der Waals surface area contributed by atoms with Crippen LogP contribution < -0.4 is 9.80 Å². The van der Waals surface area contributed by atoms with E-state index in [1.54, 1.807) is 18.2 Å².